The summed E-state index contributed by atoms with van der Waals surface area (Å²) in [5.41, 5.74) is -0.224. The highest BCUT2D eigenvalue weighted by atomic mass is 19.1. The Kier molecular flexibility index (Phi) is 5.40. The van der Waals surface area contributed by atoms with E-state index in [0.717, 1.165) is 38.1 Å². The molecule has 2 N–H and O–H groups in total. The monoisotopic (exact) mass is 414 g/mol. The summed E-state index contributed by atoms with van der Waals surface area (Å²) in [6.07, 6.45) is 5.29. The van der Waals surface area contributed by atoms with Crippen LogP contribution >= 0.6 is 0 Å². The van der Waals surface area contributed by atoms with Crippen molar-refractivity contribution in [3.63, 3.8) is 0 Å². The standard InChI is InChI=1S/C20H20F2N6O2/c1-27-7-5-13(6-8-27)28-11-12(10-23-28)24-17-9-16(25-26-19(17)20(29)30)18-14(21)3-2-4-15(18)22/h2-4,9-11,13H,5-8H2,1H3,(H,24,25)(H,29,30). The second-order valence-electron chi connectivity index (χ2n) is 7.26. The molecule has 0 spiro atoms. The Morgan fingerprint density at radius 1 is 1.20 bits per heavy atom. The van der Waals surface area contributed by atoms with Crippen LogP contribution in [0, 0.1) is 11.6 Å². The minimum Gasteiger partial charge on any atom is -0.476 e. The second kappa shape index (κ2) is 8.15. The minimum absolute atomic E-state index is 0.0677. The third-order valence-corrected chi connectivity index (χ3v) is 5.16. The topological polar surface area (TPSA) is 96.2 Å². The van der Waals surface area contributed by atoms with Gasteiger partial charge in [0.1, 0.15) is 17.3 Å². The van der Waals surface area contributed by atoms with Crippen LogP contribution in [0.15, 0.2) is 36.7 Å². The Morgan fingerprint density at radius 3 is 2.57 bits per heavy atom. The number of hydrogen-bond acceptors (Lipinski definition) is 6. The lowest BCUT2D eigenvalue weighted by atomic mass is 10.1. The number of anilines is 2. The molecule has 1 saturated heterocycles. The van der Waals surface area contributed by atoms with E-state index in [1.165, 1.54) is 12.1 Å². The Morgan fingerprint density at radius 2 is 1.90 bits per heavy atom. The van der Waals surface area contributed by atoms with Crippen molar-refractivity contribution < 1.29 is 18.7 Å². The number of benzene rings is 1. The summed E-state index contributed by atoms with van der Waals surface area (Å²) in [4.78, 5) is 13.8. The molecule has 0 atom stereocenters. The fourth-order valence-corrected chi connectivity index (χ4v) is 3.53. The molecule has 0 amide bonds. The Labute approximate surface area is 171 Å². The molecule has 3 aromatic rings. The van der Waals surface area contributed by atoms with Crippen molar-refractivity contribution in [3.8, 4) is 11.3 Å². The summed E-state index contributed by atoms with van der Waals surface area (Å²) >= 11 is 0. The number of carbonyl (C=O) groups is 1. The largest absolute Gasteiger partial charge is 0.476 e. The van der Waals surface area contributed by atoms with Gasteiger partial charge in [0, 0.05) is 6.20 Å². The van der Waals surface area contributed by atoms with Gasteiger partial charge < -0.3 is 15.3 Å². The Hall–Kier alpha value is -3.40. The maximum atomic E-state index is 14.1. The molecule has 0 aliphatic carbocycles. The van der Waals surface area contributed by atoms with Gasteiger partial charge in [-0.05, 0) is 51.2 Å². The van der Waals surface area contributed by atoms with Crippen LogP contribution < -0.4 is 5.32 Å². The van der Waals surface area contributed by atoms with Crippen molar-refractivity contribution in [2.75, 3.05) is 25.5 Å². The predicted octanol–water partition coefficient (Wildman–Crippen LogP) is 3.33. The van der Waals surface area contributed by atoms with Gasteiger partial charge in [-0.2, -0.15) is 5.10 Å². The first kappa shape index (κ1) is 19.9. The molecule has 1 aromatic carbocycles. The van der Waals surface area contributed by atoms with Crippen molar-refractivity contribution >= 4 is 17.3 Å². The average molecular weight is 414 g/mol. The van der Waals surface area contributed by atoms with Crippen molar-refractivity contribution in [2.45, 2.75) is 18.9 Å². The molecule has 1 aliphatic heterocycles. The van der Waals surface area contributed by atoms with Gasteiger partial charge in [0.25, 0.3) is 0 Å². The van der Waals surface area contributed by atoms with Crippen molar-refractivity contribution in [1.29, 1.82) is 0 Å². The van der Waals surface area contributed by atoms with Crippen LogP contribution in [0.1, 0.15) is 29.4 Å². The van der Waals surface area contributed by atoms with E-state index in [1.807, 2.05) is 4.68 Å². The van der Waals surface area contributed by atoms with E-state index in [-0.39, 0.29) is 28.7 Å². The quantitative estimate of drug-likeness (QED) is 0.661. The molecule has 2 aromatic heterocycles. The SMILES string of the molecule is CN1CCC(n2cc(Nc3cc(-c4c(F)cccc4F)nnc3C(=O)O)cn2)CC1. The Bertz CT molecular complexity index is 1060. The van der Waals surface area contributed by atoms with Crippen LogP contribution in [-0.4, -0.2) is 56.1 Å². The molecule has 0 unspecified atom stereocenters. The first-order valence-electron chi connectivity index (χ1n) is 9.47. The zero-order valence-electron chi connectivity index (χ0n) is 16.2. The van der Waals surface area contributed by atoms with Crippen LogP contribution in [0.25, 0.3) is 11.3 Å². The zero-order chi connectivity index (χ0) is 21.3. The number of nitrogens with zero attached hydrogens (tertiary/aromatic N) is 5. The molecule has 30 heavy (non-hydrogen) atoms. The number of likely N-dealkylation sites (tertiary alicyclic amines) is 1. The lowest BCUT2D eigenvalue weighted by Crippen LogP contribution is -2.31. The van der Waals surface area contributed by atoms with E-state index in [4.69, 9.17) is 0 Å². The van der Waals surface area contributed by atoms with Gasteiger partial charge in [-0.1, -0.05) is 6.07 Å². The highest BCUT2D eigenvalue weighted by Gasteiger charge is 2.21. The predicted molar refractivity (Wildman–Crippen MR) is 106 cm³/mol. The summed E-state index contributed by atoms with van der Waals surface area (Å²) in [6, 6.07) is 4.97. The summed E-state index contributed by atoms with van der Waals surface area (Å²) in [6.45, 7) is 1.95. The van der Waals surface area contributed by atoms with Gasteiger partial charge in [0.15, 0.2) is 5.69 Å². The van der Waals surface area contributed by atoms with E-state index in [0.29, 0.717) is 5.69 Å². The number of nitrogens with one attached hydrogen (secondary N) is 1. The van der Waals surface area contributed by atoms with Crippen molar-refractivity contribution in [3.05, 3.63) is 54.0 Å². The van der Waals surface area contributed by atoms with Crippen molar-refractivity contribution in [1.82, 2.24) is 24.9 Å². The van der Waals surface area contributed by atoms with E-state index < -0.39 is 17.6 Å². The maximum absolute atomic E-state index is 14.1. The molecule has 156 valence electrons. The average Bonchev–Trinajstić information content (AvgIpc) is 3.17. The number of rotatable bonds is 5. The fourth-order valence-electron chi connectivity index (χ4n) is 3.53. The minimum atomic E-state index is -1.31. The third kappa shape index (κ3) is 3.99. The molecule has 0 saturated carbocycles. The first-order valence-corrected chi connectivity index (χ1v) is 9.47. The van der Waals surface area contributed by atoms with Gasteiger partial charge >= 0.3 is 5.97 Å². The van der Waals surface area contributed by atoms with E-state index in [9.17, 15) is 18.7 Å². The summed E-state index contributed by atoms with van der Waals surface area (Å²) < 4.78 is 30.1. The number of carboxylic acid groups (broad SMARTS) is 1. The number of piperidine rings is 1. The fraction of sp³-hybridized carbons (Fsp3) is 0.300. The molecule has 1 fully saturated rings. The van der Waals surface area contributed by atoms with Crippen LogP contribution in [0.2, 0.25) is 0 Å². The van der Waals surface area contributed by atoms with Gasteiger partial charge in [-0.3, -0.25) is 4.68 Å². The lowest BCUT2D eigenvalue weighted by molar-refractivity contribution is 0.0690. The summed E-state index contributed by atoms with van der Waals surface area (Å²) in [7, 11) is 2.08. The van der Waals surface area contributed by atoms with Crippen LogP contribution in [0.4, 0.5) is 20.2 Å². The van der Waals surface area contributed by atoms with Crippen LogP contribution in [0.3, 0.4) is 0 Å². The second-order valence-corrected chi connectivity index (χ2v) is 7.26. The third-order valence-electron chi connectivity index (χ3n) is 5.16. The number of aromatic carboxylic acids is 1. The van der Waals surface area contributed by atoms with Crippen LogP contribution in [-0.2, 0) is 0 Å². The van der Waals surface area contributed by atoms with E-state index >= 15 is 0 Å². The molecule has 8 nitrogen and oxygen atoms in total. The van der Waals surface area contributed by atoms with Crippen LogP contribution in [0.5, 0.6) is 0 Å². The maximum Gasteiger partial charge on any atom is 0.358 e. The molecular weight excluding hydrogens is 394 g/mol. The first-order chi connectivity index (χ1) is 14.4. The van der Waals surface area contributed by atoms with E-state index in [2.05, 4.69) is 32.6 Å². The molecule has 0 radical (unpaired) electrons. The number of aromatic nitrogens is 4. The molecule has 3 heterocycles. The highest BCUT2D eigenvalue weighted by Crippen LogP contribution is 2.29. The van der Waals surface area contributed by atoms with E-state index in [1.54, 1.807) is 12.4 Å². The molecule has 1 aliphatic rings. The molecule has 4 rings (SSSR count). The molecular formula is C20H20F2N6O2. The lowest BCUT2D eigenvalue weighted by Gasteiger charge is -2.28. The zero-order valence-corrected chi connectivity index (χ0v) is 16.2. The van der Waals surface area contributed by atoms with Gasteiger partial charge in [0.2, 0.25) is 0 Å². The normalized spacial score (nSPS) is 15.3. The van der Waals surface area contributed by atoms with Crippen molar-refractivity contribution in [2.24, 2.45) is 0 Å². The number of halogens is 2. The van der Waals surface area contributed by atoms with Gasteiger partial charge in [-0.15, -0.1) is 10.2 Å². The summed E-state index contributed by atoms with van der Waals surface area (Å²) in [5.74, 6) is -2.94. The Balaban J connectivity index is 1.64. The smallest absolute Gasteiger partial charge is 0.358 e. The molecule has 0 bridgehead atoms. The number of carboxylic acids is 1. The summed E-state index contributed by atoms with van der Waals surface area (Å²) in [5, 5.41) is 24.1. The highest BCUT2D eigenvalue weighted by molar-refractivity contribution is 5.93. The van der Waals surface area contributed by atoms with Gasteiger partial charge in [-0.25, -0.2) is 13.6 Å². The number of hydrogen-bond donors (Lipinski definition) is 2. The molecule has 10 heteroatoms. The van der Waals surface area contributed by atoms with Gasteiger partial charge in [0.05, 0.1) is 29.2 Å².